The van der Waals surface area contributed by atoms with E-state index in [4.69, 9.17) is 0 Å². The van der Waals surface area contributed by atoms with Crippen LogP contribution in [0, 0.1) is 20.8 Å². The predicted molar refractivity (Wildman–Crippen MR) is 120 cm³/mol. The zero-order chi connectivity index (χ0) is 21.5. The minimum absolute atomic E-state index is 0.202. The van der Waals surface area contributed by atoms with Crippen molar-refractivity contribution in [3.63, 3.8) is 0 Å². The molecular formula is C24H24N2O3S. The third-order valence-corrected chi connectivity index (χ3v) is 7.48. The second kappa shape index (κ2) is 7.61. The summed E-state index contributed by atoms with van der Waals surface area (Å²) in [7, 11) is -3.63. The first-order valence-electron chi connectivity index (χ1n) is 9.87. The maximum Gasteiger partial charge on any atom is 0.264 e. The lowest BCUT2D eigenvalue weighted by Gasteiger charge is -2.20. The van der Waals surface area contributed by atoms with Crippen molar-refractivity contribution in [3.05, 3.63) is 88.5 Å². The number of hydrogen-bond donors (Lipinski definition) is 1. The number of fused-ring (bicyclic) bond motifs is 1. The second-order valence-corrected chi connectivity index (χ2v) is 9.55. The van der Waals surface area contributed by atoms with E-state index in [-0.39, 0.29) is 10.8 Å². The zero-order valence-electron chi connectivity index (χ0n) is 17.3. The van der Waals surface area contributed by atoms with E-state index in [1.54, 1.807) is 42.5 Å². The lowest BCUT2D eigenvalue weighted by molar-refractivity contribution is 0.102. The summed E-state index contributed by atoms with van der Waals surface area (Å²) >= 11 is 0. The number of nitrogens with one attached hydrogen (secondary N) is 1. The molecule has 0 saturated carbocycles. The van der Waals surface area contributed by atoms with Crippen LogP contribution in [0.2, 0.25) is 0 Å². The first kappa shape index (κ1) is 20.2. The molecular weight excluding hydrogens is 396 g/mol. The minimum atomic E-state index is -3.63. The molecule has 0 aromatic heterocycles. The highest BCUT2D eigenvalue weighted by Gasteiger charge is 2.31. The Morgan fingerprint density at radius 3 is 2.43 bits per heavy atom. The molecule has 3 aromatic rings. The van der Waals surface area contributed by atoms with Gasteiger partial charge < -0.3 is 5.32 Å². The van der Waals surface area contributed by atoms with Crippen LogP contribution in [0.4, 0.5) is 11.4 Å². The van der Waals surface area contributed by atoms with E-state index in [1.807, 2.05) is 39.0 Å². The molecule has 1 aliphatic rings. The Morgan fingerprint density at radius 2 is 1.70 bits per heavy atom. The van der Waals surface area contributed by atoms with Gasteiger partial charge in [0.25, 0.3) is 15.9 Å². The average Bonchev–Trinajstić information content (AvgIpc) is 3.16. The molecule has 1 aliphatic heterocycles. The Morgan fingerprint density at radius 1 is 0.967 bits per heavy atom. The normalized spacial score (nSPS) is 13.2. The van der Waals surface area contributed by atoms with E-state index in [9.17, 15) is 13.2 Å². The van der Waals surface area contributed by atoms with Gasteiger partial charge >= 0.3 is 0 Å². The molecule has 0 unspecified atom stereocenters. The fourth-order valence-electron chi connectivity index (χ4n) is 3.68. The molecule has 5 nitrogen and oxygen atoms in total. The van der Waals surface area contributed by atoms with Crippen molar-refractivity contribution in [1.29, 1.82) is 0 Å². The highest BCUT2D eigenvalue weighted by atomic mass is 32.2. The number of rotatable bonds is 4. The molecule has 154 valence electrons. The van der Waals surface area contributed by atoms with Gasteiger partial charge in [-0.2, -0.15) is 0 Å². The van der Waals surface area contributed by atoms with Crippen LogP contribution in [-0.2, 0) is 16.4 Å². The van der Waals surface area contributed by atoms with Gasteiger partial charge in [0.1, 0.15) is 0 Å². The maximum absolute atomic E-state index is 13.1. The van der Waals surface area contributed by atoms with Gasteiger partial charge in [-0.25, -0.2) is 8.42 Å². The molecule has 0 bridgehead atoms. The van der Waals surface area contributed by atoms with Crippen molar-refractivity contribution < 1.29 is 13.2 Å². The monoisotopic (exact) mass is 420 g/mol. The number of sulfonamides is 1. The molecule has 0 fully saturated rings. The van der Waals surface area contributed by atoms with E-state index in [0.717, 1.165) is 27.9 Å². The van der Waals surface area contributed by atoms with Crippen LogP contribution in [0.5, 0.6) is 0 Å². The third-order valence-electron chi connectivity index (χ3n) is 5.66. The first-order valence-corrected chi connectivity index (χ1v) is 11.3. The highest BCUT2D eigenvalue weighted by Crippen LogP contribution is 2.34. The molecule has 0 saturated heterocycles. The standard InChI is InChI=1S/C24H24N2O3S/c1-16-7-10-21(11-8-16)30(28,29)26-14-13-19-15-20(9-12-23(19)26)24(27)25-22-6-4-5-17(2)18(22)3/h4-12,15H,13-14H2,1-3H3,(H,25,27). The summed E-state index contributed by atoms with van der Waals surface area (Å²) in [4.78, 5) is 13.0. The Balaban J connectivity index is 1.60. The number of aryl methyl sites for hydroxylation is 2. The molecule has 0 atom stereocenters. The topological polar surface area (TPSA) is 66.5 Å². The summed E-state index contributed by atoms with van der Waals surface area (Å²) in [6, 6.07) is 17.9. The van der Waals surface area contributed by atoms with Crippen molar-refractivity contribution in [2.75, 3.05) is 16.2 Å². The van der Waals surface area contributed by atoms with Crippen molar-refractivity contribution in [2.45, 2.75) is 32.1 Å². The van der Waals surface area contributed by atoms with Crippen LogP contribution in [0.1, 0.15) is 32.6 Å². The summed E-state index contributed by atoms with van der Waals surface area (Å²) < 4.78 is 27.6. The van der Waals surface area contributed by atoms with Crippen LogP contribution in [0.15, 0.2) is 65.6 Å². The van der Waals surface area contributed by atoms with Gasteiger partial charge in [0.05, 0.1) is 10.6 Å². The van der Waals surface area contributed by atoms with Gasteiger partial charge in [-0.15, -0.1) is 0 Å². The SMILES string of the molecule is Cc1ccc(S(=O)(=O)N2CCc3cc(C(=O)Nc4cccc(C)c4C)ccc32)cc1. The third kappa shape index (κ3) is 3.59. The molecule has 1 heterocycles. The summed E-state index contributed by atoms with van der Waals surface area (Å²) in [5, 5.41) is 2.96. The largest absolute Gasteiger partial charge is 0.322 e. The summed E-state index contributed by atoms with van der Waals surface area (Å²) in [5.41, 5.74) is 5.95. The van der Waals surface area contributed by atoms with Gasteiger partial charge in [0, 0.05) is 17.8 Å². The van der Waals surface area contributed by atoms with E-state index in [2.05, 4.69) is 5.32 Å². The number of carbonyl (C=O) groups is 1. The highest BCUT2D eigenvalue weighted by molar-refractivity contribution is 7.92. The number of hydrogen-bond acceptors (Lipinski definition) is 3. The fraction of sp³-hybridized carbons (Fsp3) is 0.208. The zero-order valence-corrected chi connectivity index (χ0v) is 18.1. The Bertz CT molecular complexity index is 1230. The summed E-state index contributed by atoms with van der Waals surface area (Å²) in [5.74, 6) is -0.202. The van der Waals surface area contributed by atoms with E-state index >= 15 is 0 Å². The number of nitrogens with zero attached hydrogens (tertiary/aromatic N) is 1. The van der Waals surface area contributed by atoms with Gasteiger partial charge in [-0.1, -0.05) is 29.8 Å². The summed E-state index contributed by atoms with van der Waals surface area (Å²) in [6.45, 7) is 6.27. The number of amides is 1. The maximum atomic E-state index is 13.1. The fourth-order valence-corrected chi connectivity index (χ4v) is 5.18. The van der Waals surface area contributed by atoms with Crippen molar-refractivity contribution in [1.82, 2.24) is 0 Å². The molecule has 4 rings (SSSR count). The molecule has 1 N–H and O–H groups in total. The quantitative estimate of drug-likeness (QED) is 0.670. The Hall–Kier alpha value is -3.12. The van der Waals surface area contributed by atoms with Gasteiger partial charge in [-0.3, -0.25) is 9.10 Å². The Labute approximate surface area is 177 Å². The number of benzene rings is 3. The summed E-state index contributed by atoms with van der Waals surface area (Å²) in [6.07, 6.45) is 0.574. The molecule has 6 heteroatoms. The van der Waals surface area contributed by atoms with E-state index in [1.165, 1.54) is 4.31 Å². The van der Waals surface area contributed by atoms with Crippen LogP contribution >= 0.6 is 0 Å². The molecule has 3 aromatic carbocycles. The number of carbonyl (C=O) groups excluding carboxylic acids is 1. The van der Waals surface area contributed by atoms with Gasteiger partial charge in [0.2, 0.25) is 0 Å². The van der Waals surface area contributed by atoms with Crippen molar-refractivity contribution >= 4 is 27.3 Å². The van der Waals surface area contributed by atoms with E-state index < -0.39 is 10.0 Å². The molecule has 1 amide bonds. The van der Waals surface area contributed by atoms with Crippen LogP contribution in [0.25, 0.3) is 0 Å². The van der Waals surface area contributed by atoms with E-state index in [0.29, 0.717) is 24.2 Å². The Kier molecular flexibility index (Phi) is 5.12. The molecule has 0 aliphatic carbocycles. The van der Waals surface area contributed by atoms with Crippen LogP contribution < -0.4 is 9.62 Å². The first-order chi connectivity index (χ1) is 14.3. The average molecular weight is 421 g/mol. The van der Waals surface area contributed by atoms with Crippen molar-refractivity contribution in [3.8, 4) is 0 Å². The lowest BCUT2D eigenvalue weighted by Crippen LogP contribution is -2.29. The molecule has 0 radical (unpaired) electrons. The lowest BCUT2D eigenvalue weighted by atomic mass is 10.1. The number of anilines is 2. The van der Waals surface area contributed by atoms with Crippen molar-refractivity contribution in [2.24, 2.45) is 0 Å². The van der Waals surface area contributed by atoms with Gasteiger partial charge in [0.15, 0.2) is 0 Å². The molecule has 30 heavy (non-hydrogen) atoms. The van der Waals surface area contributed by atoms with Crippen LogP contribution in [0.3, 0.4) is 0 Å². The second-order valence-electron chi connectivity index (χ2n) is 7.69. The predicted octanol–water partition coefficient (Wildman–Crippen LogP) is 4.62. The minimum Gasteiger partial charge on any atom is -0.322 e. The smallest absolute Gasteiger partial charge is 0.264 e. The molecule has 0 spiro atoms. The van der Waals surface area contributed by atoms with Crippen LogP contribution in [-0.4, -0.2) is 20.9 Å². The van der Waals surface area contributed by atoms with Gasteiger partial charge in [-0.05, 0) is 80.3 Å².